The summed E-state index contributed by atoms with van der Waals surface area (Å²) in [6.07, 6.45) is 2.61. The van der Waals surface area contributed by atoms with Crippen molar-refractivity contribution < 1.29 is 19.5 Å². The molecule has 7 nitrogen and oxygen atoms in total. The van der Waals surface area contributed by atoms with Crippen LogP contribution in [0.2, 0.25) is 0 Å². The van der Waals surface area contributed by atoms with Crippen molar-refractivity contribution in [1.29, 1.82) is 0 Å². The number of hydrogen-bond donors (Lipinski definition) is 4. The standard InChI is InChI=1S/C13H23N3O4/c1-3-8-4-5-9(7(8)2)15-13(20)16-10(12(18)19)6-11(14)17/h7-10H,3-6H2,1-2H3,(H2,14,17)(H,18,19)(H2,15,16,20). The molecule has 1 aliphatic carbocycles. The van der Waals surface area contributed by atoms with Crippen LogP contribution in [-0.2, 0) is 9.59 Å². The van der Waals surface area contributed by atoms with Gasteiger partial charge in [-0.2, -0.15) is 0 Å². The van der Waals surface area contributed by atoms with Crippen LogP contribution in [0.4, 0.5) is 4.79 Å². The average Bonchev–Trinajstić information content (AvgIpc) is 2.69. The molecule has 1 aliphatic rings. The number of nitrogens with one attached hydrogen (secondary N) is 2. The first-order chi connectivity index (χ1) is 9.35. The number of primary amides is 1. The Kier molecular flexibility index (Phi) is 5.79. The Bertz CT molecular complexity index is 386. The van der Waals surface area contributed by atoms with Crippen molar-refractivity contribution in [2.24, 2.45) is 17.6 Å². The van der Waals surface area contributed by atoms with E-state index >= 15 is 0 Å². The molecule has 0 saturated heterocycles. The number of rotatable bonds is 6. The molecule has 3 amide bonds. The highest BCUT2D eigenvalue weighted by atomic mass is 16.4. The van der Waals surface area contributed by atoms with Gasteiger partial charge in [0.05, 0.1) is 6.42 Å². The number of aliphatic carboxylic acids is 1. The van der Waals surface area contributed by atoms with Crippen LogP contribution in [-0.4, -0.2) is 35.1 Å². The molecular weight excluding hydrogens is 262 g/mol. The van der Waals surface area contributed by atoms with Crippen LogP contribution in [0.15, 0.2) is 0 Å². The van der Waals surface area contributed by atoms with Gasteiger partial charge in [0.2, 0.25) is 5.91 Å². The zero-order chi connectivity index (χ0) is 15.3. The molecule has 0 aliphatic heterocycles. The highest BCUT2D eigenvalue weighted by Gasteiger charge is 2.33. The fraction of sp³-hybridized carbons (Fsp3) is 0.769. The Morgan fingerprint density at radius 1 is 1.35 bits per heavy atom. The van der Waals surface area contributed by atoms with E-state index in [4.69, 9.17) is 10.8 Å². The first-order valence-electron chi connectivity index (χ1n) is 6.93. The van der Waals surface area contributed by atoms with Gasteiger partial charge in [0.1, 0.15) is 6.04 Å². The highest BCUT2D eigenvalue weighted by Crippen LogP contribution is 2.33. The predicted octanol–water partition coefficient (Wildman–Crippen LogP) is 0.439. The molecule has 5 N–H and O–H groups in total. The van der Waals surface area contributed by atoms with Gasteiger partial charge >= 0.3 is 12.0 Å². The molecule has 0 heterocycles. The van der Waals surface area contributed by atoms with Gasteiger partial charge in [0, 0.05) is 6.04 Å². The lowest BCUT2D eigenvalue weighted by Gasteiger charge is -2.22. The second kappa shape index (κ2) is 7.12. The molecule has 0 radical (unpaired) electrons. The van der Waals surface area contributed by atoms with E-state index in [-0.39, 0.29) is 6.04 Å². The maximum absolute atomic E-state index is 11.8. The molecule has 1 saturated carbocycles. The van der Waals surface area contributed by atoms with Crippen LogP contribution in [0.5, 0.6) is 0 Å². The number of carboxylic acid groups (broad SMARTS) is 1. The zero-order valence-electron chi connectivity index (χ0n) is 11.9. The Hall–Kier alpha value is -1.79. The lowest BCUT2D eigenvalue weighted by atomic mass is 9.93. The summed E-state index contributed by atoms with van der Waals surface area (Å²) in [4.78, 5) is 33.5. The summed E-state index contributed by atoms with van der Waals surface area (Å²) in [5, 5.41) is 14.0. The SMILES string of the molecule is CCC1CCC(NC(=O)NC(CC(N)=O)C(=O)O)C1C. The third-order valence-electron chi connectivity index (χ3n) is 4.08. The molecule has 0 bridgehead atoms. The van der Waals surface area contributed by atoms with E-state index in [9.17, 15) is 14.4 Å². The monoisotopic (exact) mass is 285 g/mol. The van der Waals surface area contributed by atoms with Gasteiger partial charge in [0.25, 0.3) is 0 Å². The maximum Gasteiger partial charge on any atom is 0.326 e. The lowest BCUT2D eigenvalue weighted by Crippen LogP contribution is -2.50. The fourth-order valence-electron chi connectivity index (χ4n) is 2.80. The van der Waals surface area contributed by atoms with Gasteiger partial charge in [-0.05, 0) is 24.7 Å². The molecule has 0 aromatic heterocycles. The summed E-state index contributed by atoms with van der Waals surface area (Å²) in [7, 11) is 0. The molecule has 114 valence electrons. The minimum atomic E-state index is -1.29. The third kappa shape index (κ3) is 4.40. The van der Waals surface area contributed by atoms with Crippen molar-refractivity contribution >= 4 is 17.9 Å². The molecule has 1 fully saturated rings. The van der Waals surface area contributed by atoms with E-state index in [0.29, 0.717) is 11.8 Å². The van der Waals surface area contributed by atoms with Gasteiger partial charge in [-0.15, -0.1) is 0 Å². The Morgan fingerprint density at radius 2 is 2.00 bits per heavy atom. The smallest absolute Gasteiger partial charge is 0.326 e. The predicted molar refractivity (Wildman–Crippen MR) is 72.9 cm³/mol. The molecule has 7 heteroatoms. The van der Waals surface area contributed by atoms with Crippen molar-refractivity contribution in [3.8, 4) is 0 Å². The van der Waals surface area contributed by atoms with E-state index in [1.165, 1.54) is 0 Å². The van der Waals surface area contributed by atoms with E-state index < -0.39 is 30.4 Å². The van der Waals surface area contributed by atoms with Crippen LogP contribution in [0.1, 0.15) is 39.5 Å². The summed E-state index contributed by atoms with van der Waals surface area (Å²) >= 11 is 0. The number of carboxylic acids is 1. The van der Waals surface area contributed by atoms with Gasteiger partial charge in [-0.25, -0.2) is 9.59 Å². The number of hydrogen-bond acceptors (Lipinski definition) is 3. The summed E-state index contributed by atoms with van der Waals surface area (Å²) < 4.78 is 0. The first kappa shape index (κ1) is 16.3. The fourth-order valence-corrected chi connectivity index (χ4v) is 2.80. The van der Waals surface area contributed by atoms with E-state index in [0.717, 1.165) is 19.3 Å². The quantitative estimate of drug-likeness (QED) is 0.565. The molecule has 0 aromatic carbocycles. The first-order valence-corrected chi connectivity index (χ1v) is 6.93. The van der Waals surface area contributed by atoms with E-state index in [1.807, 2.05) is 0 Å². The molecule has 0 aromatic rings. The van der Waals surface area contributed by atoms with Gasteiger partial charge in [-0.3, -0.25) is 4.79 Å². The third-order valence-corrected chi connectivity index (χ3v) is 4.08. The molecule has 0 spiro atoms. The lowest BCUT2D eigenvalue weighted by molar-refractivity contribution is -0.140. The minimum Gasteiger partial charge on any atom is -0.480 e. The summed E-state index contributed by atoms with van der Waals surface area (Å²) in [6, 6.07) is -1.80. The number of urea groups is 1. The van der Waals surface area contributed by atoms with Crippen LogP contribution in [0.25, 0.3) is 0 Å². The summed E-state index contributed by atoms with van der Waals surface area (Å²) in [5.74, 6) is -1.09. The molecular formula is C13H23N3O4. The van der Waals surface area contributed by atoms with E-state index in [1.54, 1.807) is 0 Å². The Labute approximate surface area is 118 Å². The number of amides is 3. The second-order valence-corrected chi connectivity index (χ2v) is 5.39. The average molecular weight is 285 g/mol. The Balaban J connectivity index is 2.50. The van der Waals surface area contributed by atoms with Crippen LogP contribution >= 0.6 is 0 Å². The summed E-state index contributed by atoms with van der Waals surface area (Å²) in [5.41, 5.74) is 4.95. The second-order valence-electron chi connectivity index (χ2n) is 5.39. The Morgan fingerprint density at radius 3 is 2.45 bits per heavy atom. The normalized spacial score (nSPS) is 26.8. The summed E-state index contributed by atoms with van der Waals surface area (Å²) in [6.45, 7) is 4.21. The molecule has 20 heavy (non-hydrogen) atoms. The molecule has 4 unspecified atom stereocenters. The highest BCUT2D eigenvalue weighted by molar-refractivity contribution is 5.87. The number of carbonyl (C=O) groups is 3. The van der Waals surface area contributed by atoms with Crippen molar-refractivity contribution in [3.05, 3.63) is 0 Å². The van der Waals surface area contributed by atoms with Gasteiger partial charge in [0.15, 0.2) is 0 Å². The number of carbonyl (C=O) groups excluding carboxylic acids is 2. The zero-order valence-corrected chi connectivity index (χ0v) is 11.9. The maximum atomic E-state index is 11.8. The number of nitrogens with two attached hydrogens (primary N) is 1. The molecule has 1 rings (SSSR count). The van der Waals surface area contributed by atoms with Crippen molar-refractivity contribution in [3.63, 3.8) is 0 Å². The largest absolute Gasteiger partial charge is 0.480 e. The van der Waals surface area contributed by atoms with Crippen molar-refractivity contribution in [2.45, 2.75) is 51.6 Å². The van der Waals surface area contributed by atoms with Gasteiger partial charge in [-0.1, -0.05) is 20.3 Å². The van der Waals surface area contributed by atoms with Crippen molar-refractivity contribution in [1.82, 2.24) is 10.6 Å². The minimum absolute atomic E-state index is 0.0444. The van der Waals surface area contributed by atoms with Gasteiger partial charge < -0.3 is 21.5 Å². The van der Waals surface area contributed by atoms with Crippen molar-refractivity contribution in [2.75, 3.05) is 0 Å². The van der Waals surface area contributed by atoms with E-state index in [2.05, 4.69) is 24.5 Å². The topological polar surface area (TPSA) is 122 Å². The van der Waals surface area contributed by atoms with Crippen LogP contribution in [0.3, 0.4) is 0 Å². The van der Waals surface area contributed by atoms with Crippen LogP contribution in [0, 0.1) is 11.8 Å². The van der Waals surface area contributed by atoms with Crippen LogP contribution < -0.4 is 16.4 Å². The molecule has 4 atom stereocenters.